The highest BCUT2D eigenvalue weighted by atomic mass is 127. The summed E-state index contributed by atoms with van der Waals surface area (Å²) < 4.78 is 22.8. The fraction of sp³-hybridized carbons (Fsp3) is 0.300. The second-order valence-electron chi connectivity index (χ2n) is 6.89. The summed E-state index contributed by atoms with van der Waals surface area (Å²) in [6.07, 6.45) is 6.71. The van der Waals surface area contributed by atoms with Crippen LogP contribution in [0.4, 0.5) is 10.1 Å². The van der Waals surface area contributed by atoms with E-state index in [1.165, 1.54) is 24.4 Å². The minimum absolute atomic E-state index is 0.0481. The first-order chi connectivity index (χ1) is 14.4. The average Bonchev–Trinajstić information content (AvgIpc) is 3.05. The molecule has 0 bridgehead atoms. The van der Waals surface area contributed by atoms with Gasteiger partial charge in [0.2, 0.25) is 5.91 Å². The van der Waals surface area contributed by atoms with Crippen LogP contribution in [-0.2, 0) is 9.53 Å². The monoisotopic (exact) mass is 541 g/mol. The molecule has 1 fully saturated rings. The lowest BCUT2D eigenvalue weighted by molar-refractivity contribution is -0.111. The lowest BCUT2D eigenvalue weighted by atomic mass is 10.2. The molecule has 1 atom stereocenters. The smallest absolute Gasteiger partial charge is 0.248 e. The second-order valence-corrected chi connectivity index (χ2v) is 8.35. The maximum Gasteiger partial charge on any atom is 0.248 e. The third-order valence-electron chi connectivity index (χ3n) is 4.75. The van der Waals surface area contributed by atoms with Gasteiger partial charge in [-0.05, 0) is 67.0 Å². The summed E-state index contributed by atoms with van der Waals surface area (Å²) in [6, 6.07) is 2.99. The number of hydrogen-bond acceptors (Lipinski definition) is 5. The van der Waals surface area contributed by atoms with E-state index in [1.807, 2.05) is 0 Å². The van der Waals surface area contributed by atoms with Gasteiger partial charge >= 0.3 is 0 Å². The SMILES string of the molecule is Cc1ncc(Cl)cc1NC(=O)/C=C/c1nc2c(cc1F)c(I)nn2C1CCCCO1. The molecule has 3 aromatic rings. The van der Waals surface area contributed by atoms with Crippen LogP contribution in [0, 0.1) is 16.4 Å². The van der Waals surface area contributed by atoms with E-state index in [2.05, 4.69) is 43.0 Å². The molecule has 1 N–H and O–H groups in total. The Hall–Kier alpha value is -2.11. The Morgan fingerprint density at radius 3 is 3.03 bits per heavy atom. The third-order valence-corrected chi connectivity index (χ3v) is 5.75. The van der Waals surface area contributed by atoms with Crippen molar-refractivity contribution in [3.05, 3.63) is 50.3 Å². The number of pyridine rings is 2. The first-order valence-corrected chi connectivity index (χ1v) is 10.8. The lowest BCUT2D eigenvalue weighted by Gasteiger charge is -2.23. The van der Waals surface area contributed by atoms with Crippen molar-refractivity contribution in [2.75, 3.05) is 11.9 Å². The largest absolute Gasteiger partial charge is 0.356 e. The maximum absolute atomic E-state index is 14.6. The Labute approximate surface area is 190 Å². The fourth-order valence-electron chi connectivity index (χ4n) is 3.21. The van der Waals surface area contributed by atoms with E-state index in [1.54, 1.807) is 17.7 Å². The van der Waals surface area contributed by atoms with Crippen LogP contribution in [0.5, 0.6) is 0 Å². The molecule has 1 amide bonds. The van der Waals surface area contributed by atoms with Gasteiger partial charge in [0.25, 0.3) is 0 Å². The van der Waals surface area contributed by atoms with Crippen molar-refractivity contribution in [1.29, 1.82) is 0 Å². The number of anilines is 1. The van der Waals surface area contributed by atoms with E-state index in [0.29, 0.717) is 37.7 Å². The number of nitrogens with zero attached hydrogens (tertiary/aromatic N) is 4. The predicted octanol–water partition coefficient (Wildman–Crippen LogP) is 4.88. The minimum atomic E-state index is -0.533. The molecule has 0 radical (unpaired) electrons. The van der Waals surface area contributed by atoms with Crippen LogP contribution in [0.15, 0.2) is 24.4 Å². The maximum atomic E-state index is 14.6. The van der Waals surface area contributed by atoms with E-state index >= 15 is 0 Å². The fourth-order valence-corrected chi connectivity index (χ4v) is 4.00. The van der Waals surface area contributed by atoms with Crippen LogP contribution in [0.2, 0.25) is 5.02 Å². The lowest BCUT2D eigenvalue weighted by Crippen LogP contribution is -2.19. The van der Waals surface area contributed by atoms with Gasteiger partial charge in [0.05, 0.1) is 21.8 Å². The first kappa shape index (κ1) is 21.1. The first-order valence-electron chi connectivity index (χ1n) is 9.39. The summed E-state index contributed by atoms with van der Waals surface area (Å²) >= 11 is 7.98. The number of aromatic nitrogens is 4. The summed E-state index contributed by atoms with van der Waals surface area (Å²) in [4.78, 5) is 20.8. The van der Waals surface area contributed by atoms with Crippen LogP contribution < -0.4 is 5.32 Å². The highest BCUT2D eigenvalue weighted by Gasteiger charge is 2.22. The molecule has 0 aromatic carbocycles. The van der Waals surface area contributed by atoms with Crippen molar-refractivity contribution in [3.8, 4) is 0 Å². The van der Waals surface area contributed by atoms with Crippen molar-refractivity contribution in [2.24, 2.45) is 0 Å². The molecule has 4 heterocycles. The normalized spacial score (nSPS) is 17.0. The van der Waals surface area contributed by atoms with Crippen LogP contribution >= 0.6 is 34.2 Å². The summed E-state index contributed by atoms with van der Waals surface area (Å²) in [5.74, 6) is -0.976. The van der Waals surface area contributed by atoms with Crippen molar-refractivity contribution in [3.63, 3.8) is 0 Å². The van der Waals surface area contributed by atoms with Gasteiger partial charge in [-0.1, -0.05) is 11.6 Å². The van der Waals surface area contributed by atoms with E-state index in [-0.39, 0.29) is 11.9 Å². The number of amides is 1. The molecular formula is C20H18ClFIN5O2. The van der Waals surface area contributed by atoms with E-state index in [0.717, 1.165) is 19.3 Å². The molecule has 156 valence electrons. The highest BCUT2D eigenvalue weighted by molar-refractivity contribution is 14.1. The zero-order chi connectivity index (χ0) is 21.3. The minimum Gasteiger partial charge on any atom is -0.356 e. The average molecular weight is 542 g/mol. The molecule has 1 aliphatic heterocycles. The molecule has 4 rings (SSSR count). The zero-order valence-electron chi connectivity index (χ0n) is 16.0. The number of carbonyl (C=O) groups excluding carboxylic acids is 1. The van der Waals surface area contributed by atoms with E-state index in [9.17, 15) is 9.18 Å². The van der Waals surface area contributed by atoms with Crippen molar-refractivity contribution in [2.45, 2.75) is 32.4 Å². The number of ether oxygens (including phenoxy) is 1. The molecular weight excluding hydrogens is 524 g/mol. The van der Waals surface area contributed by atoms with Crippen LogP contribution in [0.3, 0.4) is 0 Å². The summed E-state index contributed by atoms with van der Waals surface area (Å²) in [7, 11) is 0. The van der Waals surface area contributed by atoms with Gasteiger partial charge in [-0.15, -0.1) is 0 Å². The van der Waals surface area contributed by atoms with Gasteiger partial charge in [0, 0.05) is 18.9 Å². The summed E-state index contributed by atoms with van der Waals surface area (Å²) in [6.45, 7) is 2.41. The van der Waals surface area contributed by atoms with Crippen molar-refractivity contribution < 1.29 is 13.9 Å². The molecule has 1 unspecified atom stereocenters. The molecule has 1 aliphatic rings. The Morgan fingerprint density at radius 2 is 2.27 bits per heavy atom. The van der Waals surface area contributed by atoms with Crippen molar-refractivity contribution >= 4 is 62.9 Å². The van der Waals surface area contributed by atoms with E-state index in [4.69, 9.17) is 16.3 Å². The van der Waals surface area contributed by atoms with E-state index < -0.39 is 11.7 Å². The Morgan fingerprint density at radius 1 is 1.43 bits per heavy atom. The Bertz CT molecular complexity index is 1140. The Kier molecular flexibility index (Phi) is 6.30. The van der Waals surface area contributed by atoms with Crippen LogP contribution in [0.25, 0.3) is 17.1 Å². The number of hydrogen-bond donors (Lipinski definition) is 1. The number of aryl methyl sites for hydroxylation is 1. The van der Waals surface area contributed by atoms with Gasteiger partial charge in [-0.3, -0.25) is 9.78 Å². The molecule has 10 heteroatoms. The summed E-state index contributed by atoms with van der Waals surface area (Å²) in [5, 5.41) is 8.20. The topological polar surface area (TPSA) is 81.9 Å². The molecule has 0 aliphatic carbocycles. The molecule has 3 aromatic heterocycles. The predicted molar refractivity (Wildman–Crippen MR) is 121 cm³/mol. The van der Waals surface area contributed by atoms with Gasteiger partial charge in [0.1, 0.15) is 15.2 Å². The number of halogens is 3. The highest BCUT2D eigenvalue weighted by Crippen LogP contribution is 2.29. The molecule has 1 saturated heterocycles. The number of nitrogens with one attached hydrogen (secondary N) is 1. The molecule has 0 spiro atoms. The number of carbonyl (C=O) groups is 1. The van der Waals surface area contributed by atoms with Crippen LogP contribution in [-0.4, -0.2) is 32.3 Å². The standard InChI is InChI=1S/C20H18ClFIN5O2/c1-11-16(8-12(21)10-24-11)25-17(29)6-5-15-14(22)9-13-19(23)27-28(20(13)26-15)18-4-2-3-7-30-18/h5-6,8-10,18H,2-4,7H2,1H3,(H,25,29)/b6-5+. The Balaban J connectivity index is 1.61. The van der Waals surface area contributed by atoms with Gasteiger partial charge in [-0.2, -0.15) is 5.10 Å². The van der Waals surface area contributed by atoms with Crippen molar-refractivity contribution in [1.82, 2.24) is 19.7 Å². The van der Waals surface area contributed by atoms with Gasteiger partial charge < -0.3 is 10.1 Å². The molecule has 0 saturated carbocycles. The third kappa shape index (κ3) is 4.47. The molecule has 30 heavy (non-hydrogen) atoms. The number of fused-ring (bicyclic) bond motifs is 1. The second kappa shape index (κ2) is 8.94. The quantitative estimate of drug-likeness (QED) is 0.376. The van der Waals surface area contributed by atoms with Gasteiger partial charge in [-0.25, -0.2) is 14.1 Å². The molecule has 7 nitrogen and oxygen atoms in total. The number of rotatable bonds is 4. The van der Waals surface area contributed by atoms with Gasteiger partial charge in [0.15, 0.2) is 11.9 Å². The zero-order valence-corrected chi connectivity index (χ0v) is 18.9. The van der Waals surface area contributed by atoms with Crippen LogP contribution in [0.1, 0.15) is 36.9 Å². The summed E-state index contributed by atoms with van der Waals surface area (Å²) in [5.41, 5.74) is 1.69.